The van der Waals surface area contributed by atoms with E-state index in [4.69, 9.17) is 0 Å². The second-order valence-corrected chi connectivity index (χ2v) is 7.98. The number of aryl methyl sites for hydroxylation is 2. The first-order chi connectivity index (χ1) is 16.1. The van der Waals surface area contributed by atoms with Gasteiger partial charge in [0, 0.05) is 28.2 Å². The molecule has 4 aromatic rings. The van der Waals surface area contributed by atoms with Crippen molar-refractivity contribution >= 4 is 22.4 Å². The van der Waals surface area contributed by atoms with Crippen LogP contribution < -0.4 is 15.6 Å². The number of ether oxygens (including phenoxy) is 1. The van der Waals surface area contributed by atoms with E-state index in [-0.39, 0.29) is 23.8 Å². The maximum absolute atomic E-state index is 13.1. The molecule has 0 spiro atoms. The van der Waals surface area contributed by atoms with E-state index in [9.17, 15) is 22.8 Å². The molecule has 0 aliphatic heterocycles. The van der Waals surface area contributed by atoms with Crippen molar-refractivity contribution in [1.29, 1.82) is 0 Å². The lowest BCUT2D eigenvalue weighted by atomic mass is 10.0. The van der Waals surface area contributed by atoms with E-state index in [0.29, 0.717) is 27.6 Å². The third-order valence-corrected chi connectivity index (χ3v) is 5.40. The molecule has 1 aromatic heterocycles. The Bertz CT molecular complexity index is 1420. The third kappa shape index (κ3) is 5.11. The van der Waals surface area contributed by atoms with E-state index in [2.05, 4.69) is 10.1 Å². The monoisotopic (exact) mass is 466 g/mol. The Hall–Kier alpha value is -4.07. The smallest absolute Gasteiger partial charge is 0.406 e. The number of carbonyl (C=O) groups is 1. The molecule has 0 saturated heterocycles. The lowest BCUT2D eigenvalue weighted by molar-refractivity contribution is -0.274. The summed E-state index contributed by atoms with van der Waals surface area (Å²) in [4.78, 5) is 25.9. The number of carbonyl (C=O) groups excluding carboxylic acids is 1. The minimum Gasteiger partial charge on any atom is -0.406 e. The van der Waals surface area contributed by atoms with E-state index < -0.39 is 6.36 Å². The molecule has 8 heteroatoms. The number of alkyl halides is 3. The molecule has 5 nitrogen and oxygen atoms in total. The number of fused-ring (bicyclic) bond motifs is 1. The molecule has 0 unspecified atom stereocenters. The Labute approximate surface area is 193 Å². The van der Waals surface area contributed by atoms with Crippen LogP contribution in [0.1, 0.15) is 27.0 Å². The lowest BCUT2D eigenvalue weighted by Gasteiger charge is -2.13. The van der Waals surface area contributed by atoms with Crippen molar-refractivity contribution in [2.45, 2.75) is 26.8 Å². The molecule has 0 atom stereocenters. The van der Waals surface area contributed by atoms with Gasteiger partial charge in [-0.25, -0.2) is 0 Å². The van der Waals surface area contributed by atoms with Gasteiger partial charge in [0.15, 0.2) is 0 Å². The van der Waals surface area contributed by atoms with Crippen molar-refractivity contribution in [2.24, 2.45) is 0 Å². The summed E-state index contributed by atoms with van der Waals surface area (Å²) in [5.74, 6) is -0.596. The van der Waals surface area contributed by atoms with Crippen LogP contribution in [0.2, 0.25) is 0 Å². The SMILES string of the molecule is Cc1ccc(C(=O)Nc2cccc3c(=O)n(Cc4ccc(OC(F)(F)F)cc4)ccc23)c(C)c1. The van der Waals surface area contributed by atoms with Gasteiger partial charge in [-0.3, -0.25) is 9.59 Å². The number of benzene rings is 3. The summed E-state index contributed by atoms with van der Waals surface area (Å²) in [7, 11) is 0. The average molecular weight is 466 g/mol. The second kappa shape index (κ2) is 9.05. The minimum absolute atomic E-state index is 0.167. The molecular formula is C26H21F3N2O3. The molecule has 34 heavy (non-hydrogen) atoms. The Kier molecular flexibility index (Phi) is 6.15. The first-order valence-corrected chi connectivity index (χ1v) is 10.5. The first kappa shape index (κ1) is 23.1. The number of rotatable bonds is 5. The molecule has 0 radical (unpaired) electrons. The number of amides is 1. The fourth-order valence-corrected chi connectivity index (χ4v) is 3.80. The maximum Gasteiger partial charge on any atom is 0.573 e. The fraction of sp³-hybridized carbons (Fsp3) is 0.154. The largest absolute Gasteiger partial charge is 0.573 e. The van der Waals surface area contributed by atoms with Gasteiger partial charge in [0.05, 0.1) is 6.54 Å². The highest BCUT2D eigenvalue weighted by Gasteiger charge is 2.30. The number of nitrogens with zero attached hydrogens (tertiary/aromatic N) is 1. The number of halogens is 3. The number of nitrogens with one attached hydrogen (secondary N) is 1. The summed E-state index contributed by atoms with van der Waals surface area (Å²) in [5.41, 5.74) is 3.33. The van der Waals surface area contributed by atoms with Gasteiger partial charge in [0.25, 0.3) is 11.5 Å². The van der Waals surface area contributed by atoms with E-state index >= 15 is 0 Å². The van der Waals surface area contributed by atoms with Gasteiger partial charge in [-0.05, 0) is 61.4 Å². The number of hydrogen-bond acceptors (Lipinski definition) is 3. The fourth-order valence-electron chi connectivity index (χ4n) is 3.80. The summed E-state index contributed by atoms with van der Waals surface area (Å²) in [6.07, 6.45) is -3.17. The predicted molar refractivity (Wildman–Crippen MR) is 124 cm³/mol. The minimum atomic E-state index is -4.76. The lowest BCUT2D eigenvalue weighted by Crippen LogP contribution is -2.21. The molecule has 0 fully saturated rings. The first-order valence-electron chi connectivity index (χ1n) is 10.5. The summed E-state index contributed by atoms with van der Waals surface area (Å²) in [5, 5.41) is 3.90. The van der Waals surface area contributed by atoms with Crippen LogP contribution in [0.25, 0.3) is 10.8 Å². The van der Waals surface area contributed by atoms with E-state index in [0.717, 1.165) is 11.1 Å². The number of pyridine rings is 1. The van der Waals surface area contributed by atoms with Crippen molar-refractivity contribution in [3.8, 4) is 5.75 Å². The summed E-state index contributed by atoms with van der Waals surface area (Å²) < 4.78 is 42.4. The Morgan fingerprint density at radius 3 is 2.38 bits per heavy atom. The van der Waals surface area contributed by atoms with Gasteiger partial charge in [-0.15, -0.1) is 13.2 Å². The van der Waals surface area contributed by atoms with Crippen molar-refractivity contribution in [3.63, 3.8) is 0 Å². The predicted octanol–water partition coefficient (Wildman–Crippen LogP) is 5.82. The molecule has 0 bridgehead atoms. The zero-order valence-corrected chi connectivity index (χ0v) is 18.4. The second-order valence-electron chi connectivity index (χ2n) is 7.98. The molecule has 174 valence electrons. The molecule has 1 N–H and O–H groups in total. The van der Waals surface area contributed by atoms with E-state index in [1.807, 2.05) is 26.0 Å². The van der Waals surface area contributed by atoms with Crippen LogP contribution >= 0.6 is 0 Å². The van der Waals surface area contributed by atoms with Crippen molar-refractivity contribution in [3.05, 3.63) is 106 Å². The Morgan fingerprint density at radius 1 is 0.971 bits per heavy atom. The van der Waals surface area contributed by atoms with Gasteiger partial charge in [-0.1, -0.05) is 35.9 Å². The standard InChI is InChI=1S/C26H21F3N2O3/c1-16-6-11-20(17(2)14-16)24(32)30-23-5-3-4-22-21(23)12-13-31(25(22)33)15-18-7-9-19(10-8-18)34-26(27,28)29/h3-14H,15H2,1-2H3,(H,30,32). The van der Waals surface area contributed by atoms with Gasteiger partial charge >= 0.3 is 6.36 Å². The van der Waals surface area contributed by atoms with Crippen molar-refractivity contribution in [2.75, 3.05) is 5.32 Å². The highest BCUT2D eigenvalue weighted by Crippen LogP contribution is 2.24. The molecule has 0 aliphatic rings. The molecule has 0 aliphatic carbocycles. The summed E-state index contributed by atoms with van der Waals surface area (Å²) in [6.45, 7) is 3.99. The van der Waals surface area contributed by atoms with Gasteiger partial charge < -0.3 is 14.6 Å². The number of anilines is 1. The van der Waals surface area contributed by atoms with Crippen molar-refractivity contribution < 1.29 is 22.7 Å². The molecule has 1 heterocycles. The quantitative estimate of drug-likeness (QED) is 0.403. The highest BCUT2D eigenvalue weighted by atomic mass is 19.4. The topological polar surface area (TPSA) is 60.3 Å². The van der Waals surface area contributed by atoms with Gasteiger partial charge in [-0.2, -0.15) is 0 Å². The molecule has 3 aromatic carbocycles. The van der Waals surface area contributed by atoms with Crippen LogP contribution in [0.15, 0.2) is 77.7 Å². The Morgan fingerprint density at radius 2 is 1.71 bits per heavy atom. The normalized spacial score (nSPS) is 11.4. The zero-order valence-electron chi connectivity index (χ0n) is 18.4. The van der Waals surface area contributed by atoms with Crippen LogP contribution in [-0.2, 0) is 6.54 Å². The van der Waals surface area contributed by atoms with Crippen LogP contribution in [0.5, 0.6) is 5.75 Å². The highest BCUT2D eigenvalue weighted by molar-refractivity contribution is 6.09. The number of aromatic nitrogens is 1. The van der Waals surface area contributed by atoms with E-state index in [1.54, 1.807) is 36.5 Å². The molecular weight excluding hydrogens is 445 g/mol. The summed E-state index contributed by atoms with van der Waals surface area (Å²) >= 11 is 0. The Balaban J connectivity index is 1.59. The average Bonchev–Trinajstić information content (AvgIpc) is 2.76. The van der Waals surface area contributed by atoms with Crippen molar-refractivity contribution in [1.82, 2.24) is 4.57 Å². The maximum atomic E-state index is 13.1. The molecule has 1 amide bonds. The molecule has 0 saturated carbocycles. The van der Waals surface area contributed by atoms with Crippen LogP contribution in [0.3, 0.4) is 0 Å². The van der Waals surface area contributed by atoms with E-state index in [1.165, 1.54) is 28.8 Å². The molecule has 4 rings (SSSR count). The summed E-state index contributed by atoms with van der Waals surface area (Å²) in [6, 6.07) is 17.7. The third-order valence-electron chi connectivity index (χ3n) is 5.40. The van der Waals surface area contributed by atoms with Gasteiger partial charge in [0.1, 0.15) is 5.75 Å². The van der Waals surface area contributed by atoms with Gasteiger partial charge in [0.2, 0.25) is 0 Å². The van der Waals surface area contributed by atoms with Crippen LogP contribution in [-0.4, -0.2) is 16.8 Å². The number of hydrogen-bond donors (Lipinski definition) is 1. The van der Waals surface area contributed by atoms with Crippen LogP contribution in [0.4, 0.5) is 18.9 Å². The van der Waals surface area contributed by atoms with Crippen LogP contribution in [0, 0.1) is 13.8 Å². The zero-order chi connectivity index (χ0) is 24.5.